The molecule has 0 unspecified atom stereocenters. The fourth-order valence-electron chi connectivity index (χ4n) is 3.37. The van der Waals surface area contributed by atoms with E-state index in [9.17, 15) is 9.59 Å². The van der Waals surface area contributed by atoms with E-state index in [1.165, 1.54) is 4.90 Å². The number of anilines is 1. The molecule has 164 valence electrons. The van der Waals surface area contributed by atoms with Crippen LogP contribution < -0.4 is 14.8 Å². The zero-order valence-electron chi connectivity index (χ0n) is 18.8. The second kappa shape index (κ2) is 9.69. The van der Waals surface area contributed by atoms with Crippen LogP contribution in [0.2, 0.25) is 0 Å². The highest BCUT2D eigenvalue weighted by molar-refractivity contribution is 6.36. The Bertz CT molecular complexity index is 977. The third-order valence-corrected chi connectivity index (χ3v) is 4.80. The first kappa shape index (κ1) is 22.4. The quantitative estimate of drug-likeness (QED) is 0.592. The van der Waals surface area contributed by atoms with Crippen molar-refractivity contribution < 1.29 is 19.1 Å². The summed E-state index contributed by atoms with van der Waals surface area (Å²) < 4.78 is 11.4. The number of hydrogen-bond donors (Lipinski definition) is 1. The molecule has 31 heavy (non-hydrogen) atoms. The third kappa shape index (κ3) is 4.90. The van der Waals surface area contributed by atoms with E-state index in [0.717, 1.165) is 5.75 Å². The van der Waals surface area contributed by atoms with Gasteiger partial charge in [0.2, 0.25) is 0 Å². The molecule has 2 aromatic carbocycles. The van der Waals surface area contributed by atoms with Crippen molar-refractivity contribution in [1.29, 1.82) is 0 Å². The number of ether oxygens (including phenoxy) is 2. The summed E-state index contributed by atoms with van der Waals surface area (Å²) in [6.07, 6.45) is 0. The van der Waals surface area contributed by atoms with Crippen molar-refractivity contribution in [2.75, 3.05) is 18.5 Å². The van der Waals surface area contributed by atoms with Crippen LogP contribution in [0.4, 0.5) is 5.69 Å². The molecule has 1 aliphatic heterocycles. The second-order valence-corrected chi connectivity index (χ2v) is 8.11. The van der Waals surface area contributed by atoms with Crippen molar-refractivity contribution >= 4 is 23.1 Å². The zero-order chi connectivity index (χ0) is 22.5. The van der Waals surface area contributed by atoms with Crippen LogP contribution in [-0.2, 0) is 9.59 Å². The molecule has 0 atom stereocenters. The molecule has 3 rings (SSSR count). The summed E-state index contributed by atoms with van der Waals surface area (Å²) >= 11 is 0. The van der Waals surface area contributed by atoms with Gasteiger partial charge in [0.15, 0.2) is 0 Å². The molecule has 2 aromatic rings. The summed E-state index contributed by atoms with van der Waals surface area (Å²) in [6, 6.07) is 14.4. The summed E-state index contributed by atoms with van der Waals surface area (Å²) in [7, 11) is 0. The van der Waals surface area contributed by atoms with Gasteiger partial charge < -0.3 is 14.8 Å². The number of rotatable bonds is 9. The van der Waals surface area contributed by atoms with Crippen molar-refractivity contribution in [2.24, 2.45) is 5.92 Å². The SMILES string of the molecule is CCOc1ccccc1NC1=C(c2ccc(OCC(C)C)cc2)C(=O)N(C(C)C)C1=O. The summed E-state index contributed by atoms with van der Waals surface area (Å²) in [5.41, 5.74) is 1.90. The molecule has 0 saturated carbocycles. The Morgan fingerprint density at radius 1 is 0.903 bits per heavy atom. The molecular formula is C25H30N2O4. The minimum absolute atomic E-state index is 0.252. The van der Waals surface area contributed by atoms with Gasteiger partial charge in [-0.2, -0.15) is 0 Å². The lowest BCUT2D eigenvalue weighted by atomic mass is 10.0. The predicted molar refractivity (Wildman–Crippen MR) is 122 cm³/mol. The van der Waals surface area contributed by atoms with Gasteiger partial charge in [0, 0.05) is 6.04 Å². The van der Waals surface area contributed by atoms with E-state index < -0.39 is 0 Å². The van der Waals surface area contributed by atoms with Crippen molar-refractivity contribution in [3.8, 4) is 11.5 Å². The number of amides is 2. The number of para-hydroxylation sites is 2. The molecule has 6 heteroatoms. The molecule has 1 aliphatic rings. The average molecular weight is 423 g/mol. The van der Waals surface area contributed by atoms with Gasteiger partial charge >= 0.3 is 0 Å². The monoisotopic (exact) mass is 422 g/mol. The van der Waals surface area contributed by atoms with E-state index in [-0.39, 0.29) is 23.6 Å². The van der Waals surface area contributed by atoms with E-state index in [0.29, 0.717) is 41.7 Å². The molecule has 0 spiro atoms. The summed E-state index contributed by atoms with van der Waals surface area (Å²) in [4.78, 5) is 27.7. The maximum Gasteiger partial charge on any atom is 0.278 e. The number of nitrogens with zero attached hydrogens (tertiary/aromatic N) is 1. The molecular weight excluding hydrogens is 392 g/mol. The van der Waals surface area contributed by atoms with Crippen LogP contribution in [0.25, 0.3) is 5.57 Å². The number of benzene rings is 2. The Labute approximate surface area is 183 Å². The lowest BCUT2D eigenvalue weighted by Crippen LogP contribution is -2.38. The minimum Gasteiger partial charge on any atom is -0.493 e. The van der Waals surface area contributed by atoms with Crippen LogP contribution in [0.15, 0.2) is 54.2 Å². The van der Waals surface area contributed by atoms with Crippen LogP contribution in [0.3, 0.4) is 0 Å². The minimum atomic E-state index is -0.346. The van der Waals surface area contributed by atoms with Crippen molar-refractivity contribution in [3.63, 3.8) is 0 Å². The highest BCUT2D eigenvalue weighted by Gasteiger charge is 2.40. The molecule has 0 saturated heterocycles. The number of nitrogens with one attached hydrogen (secondary N) is 1. The van der Waals surface area contributed by atoms with Gasteiger partial charge in [0.05, 0.1) is 24.5 Å². The van der Waals surface area contributed by atoms with Gasteiger partial charge in [-0.3, -0.25) is 14.5 Å². The van der Waals surface area contributed by atoms with E-state index >= 15 is 0 Å². The maximum atomic E-state index is 13.2. The van der Waals surface area contributed by atoms with Crippen LogP contribution in [-0.4, -0.2) is 36.0 Å². The fourth-order valence-corrected chi connectivity index (χ4v) is 3.37. The maximum absolute atomic E-state index is 13.2. The molecule has 0 bridgehead atoms. The molecule has 1 heterocycles. The predicted octanol–water partition coefficient (Wildman–Crippen LogP) is 4.72. The largest absolute Gasteiger partial charge is 0.493 e. The van der Waals surface area contributed by atoms with Crippen molar-refractivity contribution in [1.82, 2.24) is 4.90 Å². The summed E-state index contributed by atoms with van der Waals surface area (Å²) in [5, 5.41) is 3.17. The lowest BCUT2D eigenvalue weighted by Gasteiger charge is -2.19. The Balaban J connectivity index is 2.01. The number of carbonyl (C=O) groups is 2. The normalized spacial score (nSPS) is 14.1. The molecule has 1 N–H and O–H groups in total. The van der Waals surface area contributed by atoms with Crippen LogP contribution in [0, 0.1) is 5.92 Å². The van der Waals surface area contributed by atoms with Gasteiger partial charge in [0.25, 0.3) is 11.8 Å². The van der Waals surface area contributed by atoms with Crippen molar-refractivity contribution in [3.05, 3.63) is 59.8 Å². The molecule has 0 aliphatic carbocycles. The van der Waals surface area contributed by atoms with E-state index in [1.807, 2.05) is 69.3 Å². The summed E-state index contributed by atoms with van der Waals surface area (Å²) in [5.74, 6) is 1.11. The van der Waals surface area contributed by atoms with Gasteiger partial charge in [0.1, 0.15) is 17.2 Å². The highest BCUT2D eigenvalue weighted by Crippen LogP contribution is 2.34. The average Bonchev–Trinajstić information content (AvgIpc) is 2.98. The van der Waals surface area contributed by atoms with Gasteiger partial charge in [-0.05, 0) is 56.5 Å². The van der Waals surface area contributed by atoms with E-state index in [2.05, 4.69) is 19.2 Å². The van der Waals surface area contributed by atoms with Crippen LogP contribution >= 0.6 is 0 Å². The Morgan fingerprint density at radius 3 is 2.19 bits per heavy atom. The van der Waals surface area contributed by atoms with E-state index in [4.69, 9.17) is 9.47 Å². The lowest BCUT2D eigenvalue weighted by molar-refractivity contribution is -0.138. The van der Waals surface area contributed by atoms with Crippen LogP contribution in [0.1, 0.15) is 40.2 Å². The van der Waals surface area contributed by atoms with Gasteiger partial charge in [-0.1, -0.05) is 38.1 Å². The Kier molecular flexibility index (Phi) is 7.00. The highest BCUT2D eigenvalue weighted by atomic mass is 16.5. The summed E-state index contributed by atoms with van der Waals surface area (Å²) in [6.45, 7) is 10.8. The molecule has 2 amide bonds. The van der Waals surface area contributed by atoms with E-state index in [1.54, 1.807) is 0 Å². The molecule has 0 radical (unpaired) electrons. The second-order valence-electron chi connectivity index (χ2n) is 8.11. The number of carbonyl (C=O) groups excluding carboxylic acids is 2. The third-order valence-electron chi connectivity index (χ3n) is 4.80. The Hall–Kier alpha value is -3.28. The molecule has 6 nitrogen and oxygen atoms in total. The molecule has 0 fully saturated rings. The van der Waals surface area contributed by atoms with Gasteiger partial charge in [-0.15, -0.1) is 0 Å². The first-order valence-electron chi connectivity index (χ1n) is 10.7. The van der Waals surface area contributed by atoms with Crippen LogP contribution in [0.5, 0.6) is 11.5 Å². The first-order chi connectivity index (χ1) is 14.8. The molecule has 0 aromatic heterocycles. The number of imide groups is 1. The topological polar surface area (TPSA) is 67.9 Å². The fraction of sp³-hybridized carbons (Fsp3) is 0.360. The number of hydrogen-bond acceptors (Lipinski definition) is 5. The Morgan fingerprint density at radius 2 is 1.58 bits per heavy atom. The zero-order valence-corrected chi connectivity index (χ0v) is 18.8. The standard InChI is InChI=1S/C25H30N2O4/c1-6-30-21-10-8-7-9-20(21)26-23-22(24(28)27(17(4)5)25(23)29)18-11-13-19(14-12-18)31-15-16(2)3/h7-14,16-17,26H,6,15H2,1-5H3. The van der Waals surface area contributed by atoms with Gasteiger partial charge in [-0.25, -0.2) is 0 Å². The smallest absolute Gasteiger partial charge is 0.278 e. The van der Waals surface area contributed by atoms with Crippen molar-refractivity contribution in [2.45, 2.75) is 40.7 Å². The first-order valence-corrected chi connectivity index (χ1v) is 10.7.